The van der Waals surface area contributed by atoms with Gasteiger partial charge in [-0.15, -0.1) is 24.9 Å². The summed E-state index contributed by atoms with van der Waals surface area (Å²) >= 11 is 5.39. The lowest BCUT2D eigenvalue weighted by Gasteiger charge is -2.40. The van der Waals surface area contributed by atoms with E-state index >= 15 is 0 Å². The number of aliphatic hydroxyl groups excluding tert-OH is 1. The molecule has 0 aromatic heterocycles. The Balaban J connectivity index is 1.75. The Labute approximate surface area is 250 Å². The summed E-state index contributed by atoms with van der Waals surface area (Å²) in [7, 11) is 0. The lowest BCUT2D eigenvalue weighted by molar-refractivity contribution is -0.154. The van der Waals surface area contributed by atoms with E-state index in [0.29, 0.717) is 32.4 Å². The van der Waals surface area contributed by atoms with E-state index in [0.717, 1.165) is 24.8 Å². The number of alkyl halides is 1. The monoisotopic (exact) mass is 632 g/mol. The van der Waals surface area contributed by atoms with Gasteiger partial charge in [0.1, 0.15) is 6.04 Å². The van der Waals surface area contributed by atoms with Crippen LogP contribution in [-0.4, -0.2) is 85.9 Å². The molecule has 3 aliphatic heterocycles. The van der Waals surface area contributed by atoms with Crippen molar-refractivity contribution in [3.05, 3.63) is 61.2 Å². The Morgan fingerprint density at radius 1 is 1.27 bits per heavy atom. The van der Waals surface area contributed by atoms with Gasteiger partial charge in [0.15, 0.2) is 0 Å². The molecule has 1 aromatic carbocycles. The molecule has 0 aliphatic carbocycles. The third-order valence-corrected chi connectivity index (χ3v) is 11.6. The van der Waals surface area contributed by atoms with E-state index in [9.17, 15) is 19.5 Å². The van der Waals surface area contributed by atoms with Gasteiger partial charge in [-0.2, -0.15) is 0 Å². The number of carbonyl (C=O) groups is 3. The summed E-state index contributed by atoms with van der Waals surface area (Å²) in [5, 5.41) is 10.5. The van der Waals surface area contributed by atoms with Gasteiger partial charge >= 0.3 is 5.97 Å². The van der Waals surface area contributed by atoms with E-state index in [-0.39, 0.29) is 35.1 Å². The fourth-order valence-electron chi connectivity index (χ4n) is 6.66. The van der Waals surface area contributed by atoms with Crippen molar-refractivity contribution in [1.82, 2.24) is 9.80 Å². The summed E-state index contributed by atoms with van der Waals surface area (Å²) in [6.07, 6.45) is 7.82. The van der Waals surface area contributed by atoms with E-state index in [4.69, 9.17) is 4.74 Å². The molecule has 3 unspecified atom stereocenters. The highest BCUT2D eigenvalue weighted by molar-refractivity contribution is 9.09. The fourth-order valence-corrected chi connectivity index (χ4v) is 10.2. The van der Waals surface area contributed by atoms with Crippen LogP contribution in [0.15, 0.2) is 55.6 Å². The summed E-state index contributed by atoms with van der Waals surface area (Å²) in [5.41, 5.74) is 0.969. The first-order chi connectivity index (χ1) is 19.3. The second kappa shape index (κ2) is 13.7. The van der Waals surface area contributed by atoms with Gasteiger partial charge in [0.25, 0.3) is 0 Å². The van der Waals surface area contributed by atoms with Crippen LogP contribution < -0.4 is 0 Å². The van der Waals surface area contributed by atoms with Crippen LogP contribution in [0, 0.1) is 11.8 Å². The molecule has 9 heteroatoms. The quantitative estimate of drug-likeness (QED) is 0.134. The van der Waals surface area contributed by atoms with Gasteiger partial charge in [0, 0.05) is 23.2 Å². The molecule has 3 fully saturated rings. The number of nitrogens with zero attached hydrogens (tertiary/aromatic N) is 2. The summed E-state index contributed by atoms with van der Waals surface area (Å²) in [4.78, 5) is 45.8. The number of likely N-dealkylation sites (tertiary alicyclic amines) is 1. The number of amides is 2. The van der Waals surface area contributed by atoms with Crippen molar-refractivity contribution in [3.8, 4) is 0 Å². The summed E-state index contributed by atoms with van der Waals surface area (Å²) < 4.78 is 4.82. The van der Waals surface area contributed by atoms with Crippen molar-refractivity contribution in [2.75, 3.05) is 26.3 Å². The standard InChI is InChI=1S/C31H41BrN2O5S/c1-4-7-12-16-33(15-6-3)29(37)27-31-19-23(32)26(40-31)24(30(38)39-17-8-5-2)25(31)28(36)34(27)22(20-35)18-21-13-10-9-11-14-21/h5-6,9-11,13-14,22-27,35H,2-4,7-8,12,15-20H2,1H3/t22-,23?,24+,25+,26+,27?,31?/m1/s1. The minimum atomic E-state index is -0.798. The lowest BCUT2D eigenvalue weighted by Crippen LogP contribution is -2.58. The first kappa shape index (κ1) is 30.8. The molecule has 1 spiro atoms. The number of fused-ring (bicyclic) bond motifs is 1. The average molecular weight is 634 g/mol. The number of rotatable bonds is 15. The minimum Gasteiger partial charge on any atom is -0.465 e. The predicted octanol–water partition coefficient (Wildman–Crippen LogP) is 4.38. The zero-order valence-corrected chi connectivity index (χ0v) is 25.7. The average Bonchev–Trinajstić information content (AvgIpc) is 3.55. The molecule has 218 valence electrons. The molecule has 3 heterocycles. The molecule has 7 nitrogen and oxygen atoms in total. The highest BCUT2D eigenvalue weighted by Gasteiger charge is 2.76. The number of hydrogen-bond acceptors (Lipinski definition) is 6. The molecule has 4 rings (SSSR count). The van der Waals surface area contributed by atoms with Crippen LogP contribution >= 0.6 is 27.7 Å². The van der Waals surface area contributed by atoms with E-state index in [1.165, 1.54) is 0 Å². The summed E-state index contributed by atoms with van der Waals surface area (Å²) in [6.45, 7) is 10.6. The maximum Gasteiger partial charge on any atom is 0.310 e. The summed E-state index contributed by atoms with van der Waals surface area (Å²) in [5.74, 6) is -2.11. The predicted molar refractivity (Wildman–Crippen MR) is 162 cm³/mol. The molecule has 7 atom stereocenters. The maximum atomic E-state index is 14.5. The molecule has 0 saturated carbocycles. The molecule has 0 radical (unpaired) electrons. The second-order valence-electron chi connectivity index (χ2n) is 11.0. The highest BCUT2D eigenvalue weighted by Crippen LogP contribution is 2.68. The van der Waals surface area contributed by atoms with Crippen LogP contribution in [0.25, 0.3) is 0 Å². The topological polar surface area (TPSA) is 87.1 Å². The Kier molecular flexibility index (Phi) is 10.6. The van der Waals surface area contributed by atoms with Crippen LogP contribution in [0.4, 0.5) is 0 Å². The van der Waals surface area contributed by atoms with Crippen molar-refractivity contribution in [3.63, 3.8) is 0 Å². The highest BCUT2D eigenvalue weighted by atomic mass is 79.9. The van der Waals surface area contributed by atoms with Gasteiger partial charge in [-0.05, 0) is 31.2 Å². The number of hydrogen-bond donors (Lipinski definition) is 1. The molecule has 1 aromatic rings. The van der Waals surface area contributed by atoms with Crippen molar-refractivity contribution in [2.24, 2.45) is 11.8 Å². The van der Waals surface area contributed by atoms with Crippen LogP contribution in [0.5, 0.6) is 0 Å². The number of aliphatic hydroxyl groups is 1. The van der Waals surface area contributed by atoms with Gasteiger partial charge in [-0.3, -0.25) is 14.4 Å². The number of thioether (sulfide) groups is 1. The number of benzene rings is 1. The van der Waals surface area contributed by atoms with Crippen LogP contribution in [0.1, 0.15) is 44.6 Å². The van der Waals surface area contributed by atoms with Gasteiger partial charge in [0.05, 0.1) is 35.8 Å². The first-order valence-corrected chi connectivity index (χ1v) is 16.1. The third kappa shape index (κ3) is 5.79. The molecule has 1 N–H and O–H groups in total. The smallest absolute Gasteiger partial charge is 0.310 e. The Bertz CT molecular complexity index is 1090. The molecular formula is C31H41BrN2O5S. The Hall–Kier alpha value is -2.10. The fraction of sp³-hybridized carbons (Fsp3) is 0.581. The Morgan fingerprint density at radius 2 is 2.02 bits per heavy atom. The number of carbonyl (C=O) groups excluding carboxylic acids is 3. The number of unbranched alkanes of at least 4 members (excludes halogenated alkanes) is 2. The molecule has 2 amide bonds. The summed E-state index contributed by atoms with van der Waals surface area (Å²) in [6, 6.07) is 8.29. The van der Waals surface area contributed by atoms with E-state index in [2.05, 4.69) is 36.0 Å². The molecular weight excluding hydrogens is 592 g/mol. The normalized spacial score (nSPS) is 29.2. The van der Waals surface area contributed by atoms with Crippen LogP contribution in [0.2, 0.25) is 0 Å². The molecule has 3 aliphatic rings. The molecule has 40 heavy (non-hydrogen) atoms. The van der Waals surface area contributed by atoms with Crippen molar-refractivity contribution >= 4 is 45.5 Å². The van der Waals surface area contributed by atoms with Gasteiger partial charge in [-0.1, -0.05) is 78.2 Å². The largest absolute Gasteiger partial charge is 0.465 e. The van der Waals surface area contributed by atoms with Crippen molar-refractivity contribution < 1.29 is 24.2 Å². The zero-order valence-electron chi connectivity index (χ0n) is 23.3. The first-order valence-electron chi connectivity index (χ1n) is 14.3. The zero-order chi connectivity index (χ0) is 28.9. The van der Waals surface area contributed by atoms with Crippen LogP contribution in [0.3, 0.4) is 0 Å². The number of halogens is 1. The number of esters is 1. The minimum absolute atomic E-state index is 0.0385. The van der Waals surface area contributed by atoms with Gasteiger partial charge in [0.2, 0.25) is 11.8 Å². The van der Waals surface area contributed by atoms with Gasteiger partial charge in [-0.25, -0.2) is 0 Å². The van der Waals surface area contributed by atoms with Crippen molar-refractivity contribution in [1.29, 1.82) is 0 Å². The number of ether oxygens (including phenoxy) is 1. The molecule has 3 saturated heterocycles. The van der Waals surface area contributed by atoms with E-state index < -0.39 is 34.6 Å². The van der Waals surface area contributed by atoms with E-state index in [1.54, 1.807) is 33.7 Å². The Morgan fingerprint density at radius 3 is 2.67 bits per heavy atom. The SMILES string of the molecule is C=CCCOC(=O)[C@H]1[C@H]2C(=O)N([C@@H](CO)Cc3ccccc3)C(C(=O)N(CC=C)CCCCC)C23CC(Br)[C@@H]1S3. The van der Waals surface area contributed by atoms with Crippen molar-refractivity contribution in [2.45, 2.75) is 72.4 Å². The molecule has 2 bridgehead atoms. The third-order valence-electron chi connectivity index (χ3n) is 8.41. The second-order valence-corrected chi connectivity index (χ2v) is 13.7. The van der Waals surface area contributed by atoms with Crippen LogP contribution in [-0.2, 0) is 25.5 Å². The lowest BCUT2D eigenvalue weighted by atomic mass is 9.71. The van der Waals surface area contributed by atoms with E-state index in [1.807, 2.05) is 30.3 Å². The maximum absolute atomic E-state index is 14.5. The van der Waals surface area contributed by atoms with Gasteiger partial charge < -0.3 is 19.6 Å².